The van der Waals surface area contributed by atoms with E-state index in [9.17, 15) is 31.2 Å². The molecule has 40 heavy (non-hydrogen) atoms. The number of hydrogen-bond donors (Lipinski definition) is 1. The van der Waals surface area contributed by atoms with Crippen molar-refractivity contribution in [3.05, 3.63) is 92.9 Å². The molecule has 0 aliphatic heterocycles. The highest BCUT2D eigenvalue weighted by atomic mass is 79.9. The summed E-state index contributed by atoms with van der Waals surface area (Å²) in [6.45, 7) is 2.27. The van der Waals surface area contributed by atoms with Crippen LogP contribution in [0.4, 0.5) is 18.9 Å². The Kier molecular flexibility index (Phi) is 9.91. The molecule has 0 heterocycles. The minimum Gasteiger partial charge on any atom is -0.357 e. The smallest absolute Gasteiger partial charge is 0.357 e. The fourth-order valence-electron chi connectivity index (χ4n) is 3.83. The van der Waals surface area contributed by atoms with Gasteiger partial charge in [-0.15, -0.1) is 0 Å². The molecule has 1 atom stereocenters. The lowest BCUT2D eigenvalue weighted by molar-refractivity contribution is -0.139. The first-order valence-electron chi connectivity index (χ1n) is 11.9. The van der Waals surface area contributed by atoms with E-state index in [1.807, 2.05) is 0 Å². The second-order valence-electron chi connectivity index (χ2n) is 8.92. The minimum atomic E-state index is -4.88. The summed E-state index contributed by atoms with van der Waals surface area (Å²) in [7, 11) is -3.15. The number of sulfonamides is 1. The summed E-state index contributed by atoms with van der Waals surface area (Å²) in [5, 5.41) is 1.84. The summed E-state index contributed by atoms with van der Waals surface area (Å²) < 4.78 is 69.9. The molecule has 0 aromatic heterocycles. The number of carbonyl (C=O) groups excluding carboxylic acids is 2. The van der Waals surface area contributed by atoms with E-state index < -0.39 is 56.9 Å². The number of rotatable bonds is 9. The van der Waals surface area contributed by atoms with Crippen LogP contribution in [0.1, 0.15) is 23.6 Å². The third kappa shape index (κ3) is 7.35. The minimum absolute atomic E-state index is 0.0620. The van der Waals surface area contributed by atoms with Gasteiger partial charge in [0.05, 0.1) is 21.2 Å². The summed E-state index contributed by atoms with van der Waals surface area (Å²) in [6, 6.07) is 14.2. The molecule has 3 rings (SSSR count). The van der Waals surface area contributed by atoms with Crippen LogP contribution in [-0.4, -0.2) is 44.8 Å². The van der Waals surface area contributed by atoms with Crippen molar-refractivity contribution in [3.63, 3.8) is 0 Å². The number of benzene rings is 3. The molecule has 214 valence electrons. The maximum Gasteiger partial charge on any atom is 0.417 e. The zero-order valence-corrected chi connectivity index (χ0v) is 24.8. The molecule has 0 aliphatic carbocycles. The zero-order chi connectivity index (χ0) is 29.8. The van der Waals surface area contributed by atoms with Gasteiger partial charge in [-0.05, 0) is 61.9 Å². The van der Waals surface area contributed by atoms with Crippen molar-refractivity contribution < 1.29 is 31.2 Å². The van der Waals surface area contributed by atoms with Crippen molar-refractivity contribution in [1.29, 1.82) is 0 Å². The predicted octanol–water partition coefficient (Wildman–Crippen LogP) is 5.79. The average molecular weight is 661 g/mol. The van der Waals surface area contributed by atoms with E-state index in [-0.39, 0.29) is 11.4 Å². The molecule has 0 fully saturated rings. The maximum absolute atomic E-state index is 13.8. The number of carbonyl (C=O) groups is 2. The maximum atomic E-state index is 13.8. The zero-order valence-electron chi connectivity index (χ0n) is 21.7. The predicted molar refractivity (Wildman–Crippen MR) is 150 cm³/mol. The van der Waals surface area contributed by atoms with Crippen LogP contribution in [0.15, 0.2) is 76.1 Å². The van der Waals surface area contributed by atoms with Crippen LogP contribution >= 0.6 is 27.5 Å². The molecule has 0 bridgehead atoms. The second-order valence-corrected chi connectivity index (χ2v) is 12.1. The van der Waals surface area contributed by atoms with E-state index in [2.05, 4.69) is 21.2 Å². The molecule has 0 saturated carbocycles. The van der Waals surface area contributed by atoms with Gasteiger partial charge in [-0.1, -0.05) is 57.4 Å². The van der Waals surface area contributed by atoms with Crippen LogP contribution in [0.5, 0.6) is 0 Å². The summed E-state index contributed by atoms with van der Waals surface area (Å²) in [5.74, 6) is -1.32. The first kappa shape index (κ1) is 31.4. The van der Waals surface area contributed by atoms with Gasteiger partial charge >= 0.3 is 6.18 Å². The topological polar surface area (TPSA) is 86.8 Å². The first-order chi connectivity index (χ1) is 18.6. The van der Waals surface area contributed by atoms with Crippen molar-refractivity contribution in [3.8, 4) is 0 Å². The number of hydrogen-bond acceptors (Lipinski definition) is 4. The molecule has 3 aromatic carbocycles. The number of alkyl halides is 3. The lowest BCUT2D eigenvalue weighted by atomic mass is 10.1. The number of likely N-dealkylation sites (N-methyl/N-ethyl adjacent to an activating group) is 1. The Hall–Kier alpha value is -3.09. The molecule has 0 aliphatic rings. The van der Waals surface area contributed by atoms with Gasteiger partial charge in [-0.2, -0.15) is 13.2 Å². The van der Waals surface area contributed by atoms with Crippen molar-refractivity contribution in [2.45, 2.75) is 37.5 Å². The van der Waals surface area contributed by atoms with E-state index >= 15 is 0 Å². The summed E-state index contributed by atoms with van der Waals surface area (Å²) in [4.78, 5) is 27.2. The third-order valence-corrected chi connectivity index (χ3v) is 8.76. The number of halogens is 5. The van der Waals surface area contributed by atoms with Gasteiger partial charge in [-0.25, -0.2) is 8.42 Å². The Morgan fingerprint density at radius 1 is 1.02 bits per heavy atom. The van der Waals surface area contributed by atoms with E-state index in [0.717, 1.165) is 22.2 Å². The molecular formula is C27H26BrClF3N3O4S. The highest BCUT2D eigenvalue weighted by Gasteiger charge is 2.36. The van der Waals surface area contributed by atoms with Crippen LogP contribution in [0.25, 0.3) is 0 Å². The van der Waals surface area contributed by atoms with Gasteiger partial charge in [0, 0.05) is 18.1 Å². The number of aryl methyl sites for hydroxylation is 1. The van der Waals surface area contributed by atoms with Crippen LogP contribution in [-0.2, 0) is 32.3 Å². The fourth-order valence-corrected chi connectivity index (χ4v) is 5.72. The monoisotopic (exact) mass is 659 g/mol. The van der Waals surface area contributed by atoms with Gasteiger partial charge < -0.3 is 10.2 Å². The Morgan fingerprint density at radius 2 is 1.62 bits per heavy atom. The molecule has 7 nitrogen and oxygen atoms in total. The molecule has 0 unspecified atom stereocenters. The summed E-state index contributed by atoms with van der Waals surface area (Å²) in [6.07, 6.45) is -4.88. The van der Waals surface area contributed by atoms with Gasteiger partial charge in [0.25, 0.3) is 10.0 Å². The van der Waals surface area contributed by atoms with Crippen molar-refractivity contribution in [2.75, 3.05) is 17.9 Å². The summed E-state index contributed by atoms with van der Waals surface area (Å²) in [5.41, 5.74) is -0.269. The molecule has 13 heteroatoms. The van der Waals surface area contributed by atoms with Gasteiger partial charge in [0.15, 0.2) is 0 Å². The quantitative estimate of drug-likeness (QED) is 0.315. The van der Waals surface area contributed by atoms with Crippen LogP contribution in [0.3, 0.4) is 0 Å². The van der Waals surface area contributed by atoms with Crippen molar-refractivity contribution in [1.82, 2.24) is 10.2 Å². The fraction of sp³-hybridized carbons (Fsp3) is 0.259. The van der Waals surface area contributed by atoms with Crippen LogP contribution < -0.4 is 9.62 Å². The number of anilines is 1. The average Bonchev–Trinajstić information content (AvgIpc) is 2.90. The number of nitrogens with zero attached hydrogens (tertiary/aromatic N) is 2. The Labute approximate surface area is 244 Å². The van der Waals surface area contributed by atoms with Gasteiger partial charge in [0.1, 0.15) is 12.6 Å². The van der Waals surface area contributed by atoms with Crippen LogP contribution in [0, 0.1) is 6.92 Å². The second kappa shape index (κ2) is 12.6. The summed E-state index contributed by atoms with van der Waals surface area (Å²) >= 11 is 9.10. The normalized spacial score (nSPS) is 12.5. The Morgan fingerprint density at radius 3 is 2.17 bits per heavy atom. The van der Waals surface area contributed by atoms with Gasteiger partial charge in [0.2, 0.25) is 11.8 Å². The first-order valence-corrected chi connectivity index (χ1v) is 14.5. The SMILES string of the molecule is CNC(=O)[C@@H](C)N(Cc1ccc(Br)cc1)C(=O)CN(c1ccc(Cl)c(C(F)(F)F)c1)S(=O)(=O)c1ccc(C)cc1. The van der Waals surface area contributed by atoms with E-state index in [1.165, 1.54) is 43.1 Å². The van der Waals surface area contributed by atoms with E-state index in [4.69, 9.17) is 11.6 Å². The van der Waals surface area contributed by atoms with Crippen LogP contribution in [0.2, 0.25) is 5.02 Å². The Bertz CT molecular complexity index is 1480. The van der Waals surface area contributed by atoms with E-state index in [1.54, 1.807) is 31.2 Å². The molecular weight excluding hydrogens is 635 g/mol. The molecule has 0 spiro atoms. The largest absolute Gasteiger partial charge is 0.417 e. The molecule has 0 radical (unpaired) electrons. The van der Waals surface area contributed by atoms with Gasteiger partial charge in [-0.3, -0.25) is 13.9 Å². The van der Waals surface area contributed by atoms with E-state index in [0.29, 0.717) is 15.9 Å². The third-order valence-electron chi connectivity index (χ3n) is 6.11. The molecule has 1 N–H and O–H groups in total. The Balaban J connectivity index is 2.12. The highest BCUT2D eigenvalue weighted by molar-refractivity contribution is 9.10. The molecule has 3 aromatic rings. The number of nitrogens with one attached hydrogen (secondary N) is 1. The lowest BCUT2D eigenvalue weighted by Crippen LogP contribution is -2.50. The molecule has 0 saturated heterocycles. The highest BCUT2D eigenvalue weighted by Crippen LogP contribution is 2.38. The standard InChI is InChI=1S/C27H26BrClF3N3O4S/c1-17-4-11-22(12-5-17)40(38,39)35(21-10-13-24(29)23(14-21)27(30,31)32)16-25(36)34(18(2)26(37)33-3)15-19-6-8-20(28)9-7-19/h4-14,18H,15-16H2,1-3H3,(H,33,37)/t18-/m1/s1. The number of amides is 2. The lowest BCUT2D eigenvalue weighted by Gasteiger charge is -2.32. The van der Waals surface area contributed by atoms with Crippen molar-refractivity contribution >= 4 is 55.1 Å². The van der Waals surface area contributed by atoms with Crippen molar-refractivity contribution in [2.24, 2.45) is 0 Å². The molecule has 2 amide bonds.